The highest BCUT2D eigenvalue weighted by atomic mass is 79.9. The van der Waals surface area contributed by atoms with Crippen LogP contribution in [-0.2, 0) is 0 Å². The van der Waals surface area contributed by atoms with E-state index in [9.17, 15) is 4.79 Å². The number of amides is 1. The monoisotopic (exact) mass is 354 g/mol. The van der Waals surface area contributed by atoms with Gasteiger partial charge in [0.05, 0.1) is 8.66 Å². The van der Waals surface area contributed by atoms with Gasteiger partial charge in [-0.15, -0.1) is 11.3 Å². The molecular weight excluding hydrogens is 344 g/mol. The third-order valence-corrected chi connectivity index (χ3v) is 4.97. The molecule has 0 aliphatic heterocycles. The van der Waals surface area contributed by atoms with E-state index in [2.05, 4.69) is 37.2 Å². The lowest BCUT2D eigenvalue weighted by molar-refractivity contribution is 0.0955. The van der Waals surface area contributed by atoms with Crippen LogP contribution in [0, 0.1) is 0 Å². The molecule has 1 amide bonds. The zero-order chi connectivity index (χ0) is 11.4. The quantitative estimate of drug-likeness (QED) is 0.900. The number of hydrogen-bond acceptors (Lipinski definition) is 3. The fourth-order valence-electron chi connectivity index (χ4n) is 0.939. The van der Waals surface area contributed by atoms with E-state index in [4.69, 9.17) is 0 Å². The fraction of sp³-hybridized carbons (Fsp3) is 0.444. The van der Waals surface area contributed by atoms with E-state index in [0.29, 0.717) is 11.4 Å². The van der Waals surface area contributed by atoms with Gasteiger partial charge in [0, 0.05) is 17.6 Å². The van der Waals surface area contributed by atoms with E-state index in [1.165, 1.54) is 11.3 Å². The Morgan fingerprint density at radius 3 is 2.67 bits per heavy atom. The van der Waals surface area contributed by atoms with E-state index in [1.807, 2.05) is 25.1 Å². The van der Waals surface area contributed by atoms with Crippen LogP contribution in [0.2, 0.25) is 0 Å². The Morgan fingerprint density at radius 1 is 1.53 bits per heavy atom. The van der Waals surface area contributed by atoms with Crippen LogP contribution in [-0.4, -0.2) is 38.0 Å². The van der Waals surface area contributed by atoms with Crippen LogP contribution in [0.4, 0.5) is 0 Å². The molecule has 0 atom stereocenters. The smallest absolute Gasteiger partial charge is 0.261 e. The van der Waals surface area contributed by atoms with Crippen molar-refractivity contribution in [3.8, 4) is 0 Å². The number of nitrogens with zero attached hydrogens (tertiary/aromatic N) is 1. The second-order valence-corrected chi connectivity index (χ2v) is 6.52. The molecule has 0 unspecified atom stereocenters. The highest BCUT2D eigenvalue weighted by Gasteiger charge is 2.11. The van der Waals surface area contributed by atoms with Crippen LogP contribution in [0.5, 0.6) is 0 Å². The van der Waals surface area contributed by atoms with Gasteiger partial charge in [0.2, 0.25) is 0 Å². The summed E-state index contributed by atoms with van der Waals surface area (Å²) in [5.41, 5.74) is 0. The number of halogens is 2. The highest BCUT2D eigenvalue weighted by Crippen LogP contribution is 2.32. The Kier molecular flexibility index (Phi) is 5.25. The third-order valence-electron chi connectivity index (χ3n) is 1.71. The maximum Gasteiger partial charge on any atom is 0.261 e. The van der Waals surface area contributed by atoms with Crippen LogP contribution < -0.4 is 5.32 Å². The molecule has 6 heteroatoms. The number of hydrogen-bond donors (Lipinski definition) is 1. The summed E-state index contributed by atoms with van der Waals surface area (Å²) in [6.45, 7) is 1.51. The first-order chi connectivity index (χ1) is 7.00. The van der Waals surface area contributed by atoms with Crippen molar-refractivity contribution in [2.24, 2.45) is 0 Å². The van der Waals surface area contributed by atoms with E-state index in [1.54, 1.807) is 0 Å². The van der Waals surface area contributed by atoms with Crippen molar-refractivity contribution >= 4 is 49.1 Å². The van der Waals surface area contributed by atoms with Crippen molar-refractivity contribution in [2.75, 3.05) is 27.2 Å². The first kappa shape index (κ1) is 13.2. The average Bonchev–Trinajstić information content (AvgIpc) is 2.46. The molecule has 3 nitrogen and oxygen atoms in total. The number of likely N-dealkylation sites (N-methyl/N-ethyl adjacent to an activating group) is 1. The van der Waals surface area contributed by atoms with Crippen molar-refractivity contribution in [3.63, 3.8) is 0 Å². The topological polar surface area (TPSA) is 32.3 Å². The molecule has 1 rings (SSSR count). The second-order valence-electron chi connectivity index (χ2n) is 3.29. The molecule has 1 heterocycles. The first-order valence-corrected chi connectivity index (χ1v) is 6.78. The van der Waals surface area contributed by atoms with Crippen molar-refractivity contribution in [1.82, 2.24) is 10.2 Å². The van der Waals surface area contributed by atoms with Crippen molar-refractivity contribution < 1.29 is 4.79 Å². The Hall–Kier alpha value is 0.0900. The summed E-state index contributed by atoms with van der Waals surface area (Å²) in [5, 5.41) is 2.86. The lowest BCUT2D eigenvalue weighted by Gasteiger charge is -2.09. The van der Waals surface area contributed by atoms with E-state index in [-0.39, 0.29) is 5.91 Å². The molecule has 0 aliphatic rings. The fourth-order valence-corrected chi connectivity index (χ4v) is 2.89. The SMILES string of the molecule is CN(C)CCNC(=O)c1cc(Br)c(Br)s1. The normalized spacial score (nSPS) is 10.7. The maximum atomic E-state index is 11.6. The Morgan fingerprint density at radius 2 is 2.20 bits per heavy atom. The predicted octanol–water partition coefficient (Wildman–Crippen LogP) is 2.56. The summed E-state index contributed by atoms with van der Waals surface area (Å²) in [6.07, 6.45) is 0. The van der Waals surface area contributed by atoms with E-state index < -0.39 is 0 Å². The minimum atomic E-state index is -0.0201. The summed E-state index contributed by atoms with van der Waals surface area (Å²) in [7, 11) is 3.95. The van der Waals surface area contributed by atoms with Crippen molar-refractivity contribution in [1.29, 1.82) is 0 Å². The summed E-state index contributed by atoms with van der Waals surface area (Å²) in [4.78, 5) is 14.4. The van der Waals surface area contributed by atoms with Crippen molar-refractivity contribution in [3.05, 3.63) is 19.2 Å². The molecule has 15 heavy (non-hydrogen) atoms. The molecule has 0 saturated heterocycles. The average molecular weight is 356 g/mol. The molecule has 1 aromatic heterocycles. The Bertz CT molecular complexity index is 332. The molecule has 0 radical (unpaired) electrons. The largest absolute Gasteiger partial charge is 0.350 e. The number of thiophene rings is 1. The van der Waals surface area contributed by atoms with Crippen LogP contribution >= 0.6 is 43.2 Å². The van der Waals surface area contributed by atoms with Crippen LogP contribution in [0.15, 0.2) is 14.3 Å². The number of carbonyl (C=O) groups excluding carboxylic acids is 1. The predicted molar refractivity (Wildman–Crippen MR) is 70.6 cm³/mol. The van der Waals surface area contributed by atoms with Gasteiger partial charge in [-0.2, -0.15) is 0 Å². The van der Waals surface area contributed by atoms with Gasteiger partial charge in [0.1, 0.15) is 0 Å². The van der Waals surface area contributed by atoms with Gasteiger partial charge in [0.25, 0.3) is 5.91 Å². The van der Waals surface area contributed by atoms with Gasteiger partial charge in [-0.3, -0.25) is 4.79 Å². The summed E-state index contributed by atoms with van der Waals surface area (Å²) in [6, 6.07) is 1.82. The Labute approximate surface area is 110 Å². The minimum absolute atomic E-state index is 0.0201. The summed E-state index contributed by atoms with van der Waals surface area (Å²) in [5.74, 6) is -0.0201. The van der Waals surface area contributed by atoms with Gasteiger partial charge in [0.15, 0.2) is 0 Å². The molecule has 1 aromatic rings. The molecular formula is C9H12Br2N2OS. The molecule has 84 valence electrons. The van der Waals surface area contributed by atoms with Gasteiger partial charge in [-0.1, -0.05) is 0 Å². The van der Waals surface area contributed by atoms with Crippen LogP contribution in [0.1, 0.15) is 9.67 Å². The lowest BCUT2D eigenvalue weighted by atomic mass is 10.4. The second kappa shape index (κ2) is 5.98. The van der Waals surface area contributed by atoms with E-state index >= 15 is 0 Å². The highest BCUT2D eigenvalue weighted by molar-refractivity contribution is 9.13. The summed E-state index contributed by atoms with van der Waals surface area (Å²) < 4.78 is 1.87. The van der Waals surface area contributed by atoms with E-state index in [0.717, 1.165) is 14.8 Å². The molecule has 0 fully saturated rings. The molecule has 0 bridgehead atoms. The number of nitrogens with one attached hydrogen (secondary N) is 1. The molecule has 0 aliphatic carbocycles. The summed E-state index contributed by atoms with van der Waals surface area (Å²) >= 11 is 8.14. The standard InChI is InChI=1S/C9H12Br2N2OS/c1-13(2)4-3-12-9(14)7-5-6(10)8(11)15-7/h5H,3-4H2,1-2H3,(H,12,14). The Balaban J connectivity index is 2.47. The number of carbonyl (C=O) groups is 1. The first-order valence-electron chi connectivity index (χ1n) is 4.38. The number of rotatable bonds is 4. The van der Waals surface area contributed by atoms with Crippen LogP contribution in [0.3, 0.4) is 0 Å². The maximum absolute atomic E-state index is 11.6. The zero-order valence-electron chi connectivity index (χ0n) is 8.51. The zero-order valence-corrected chi connectivity index (χ0v) is 12.5. The van der Waals surface area contributed by atoms with Gasteiger partial charge in [-0.25, -0.2) is 0 Å². The minimum Gasteiger partial charge on any atom is -0.350 e. The van der Waals surface area contributed by atoms with Crippen molar-refractivity contribution in [2.45, 2.75) is 0 Å². The molecule has 0 saturated carbocycles. The van der Waals surface area contributed by atoms with Crippen LogP contribution in [0.25, 0.3) is 0 Å². The third kappa shape index (κ3) is 4.22. The molecule has 1 N–H and O–H groups in total. The van der Waals surface area contributed by atoms with Gasteiger partial charge < -0.3 is 10.2 Å². The molecule has 0 aromatic carbocycles. The lowest BCUT2D eigenvalue weighted by Crippen LogP contribution is -2.30. The molecule has 0 spiro atoms. The van der Waals surface area contributed by atoms with Gasteiger partial charge in [-0.05, 0) is 52.0 Å². The van der Waals surface area contributed by atoms with Gasteiger partial charge >= 0.3 is 0 Å².